The molecule has 1 heterocycles. The van der Waals surface area contributed by atoms with Gasteiger partial charge in [0.2, 0.25) is 5.85 Å². The van der Waals surface area contributed by atoms with Crippen molar-refractivity contribution >= 4 is 5.57 Å². The van der Waals surface area contributed by atoms with E-state index >= 15 is 0 Å². The average Bonchev–Trinajstić information content (AvgIpc) is 2.95. The third-order valence-electron chi connectivity index (χ3n) is 6.05. The van der Waals surface area contributed by atoms with Gasteiger partial charge >= 0.3 is 0 Å². The van der Waals surface area contributed by atoms with Gasteiger partial charge in [-0.3, -0.25) is 0 Å². The van der Waals surface area contributed by atoms with Crippen LogP contribution in [0.2, 0.25) is 0 Å². The third-order valence-corrected chi connectivity index (χ3v) is 6.05. The molecule has 2 rings (SSSR count). The Morgan fingerprint density at radius 3 is 2.03 bits per heavy atom. The number of rotatable bonds is 8. The van der Waals surface area contributed by atoms with E-state index in [2.05, 4.69) is 94.9 Å². The lowest BCUT2D eigenvalue weighted by Crippen LogP contribution is -2.53. The van der Waals surface area contributed by atoms with E-state index in [0.29, 0.717) is 5.70 Å². The fraction of sp³-hybridized carbons (Fsp3) is 0.448. The highest BCUT2D eigenvalue weighted by Crippen LogP contribution is 2.43. The van der Waals surface area contributed by atoms with Crippen LogP contribution in [-0.2, 0) is 0 Å². The summed E-state index contributed by atoms with van der Waals surface area (Å²) in [5.41, 5.74) is 16.8. The molecule has 2 atom stereocenters. The minimum absolute atomic E-state index is 0.0682. The first-order chi connectivity index (χ1) is 15.6. The Hall–Kier alpha value is -2.92. The highest BCUT2D eigenvalue weighted by Gasteiger charge is 2.31. The van der Waals surface area contributed by atoms with Crippen LogP contribution in [0.25, 0.3) is 5.57 Å². The summed E-state index contributed by atoms with van der Waals surface area (Å²) in [4.78, 5) is 3.68. The lowest BCUT2D eigenvalue weighted by Gasteiger charge is -2.33. The smallest absolute Gasteiger partial charge is 0.210 e. The molecule has 0 aliphatic heterocycles. The molecular formula is C29H44N4O. The zero-order chi connectivity index (χ0) is 26.0. The third kappa shape index (κ3) is 6.15. The van der Waals surface area contributed by atoms with Gasteiger partial charge in [-0.25, -0.2) is 0 Å². The SMILES string of the molecule is C=C(C)NC(C)(O)N/C(C)=C(/c1c(C)[nH]c(C(C(N)=C(C)C)c2ccccc2)c1C)C(C)(C)C. The maximum Gasteiger partial charge on any atom is 0.210 e. The number of aryl methyl sites for hydroxylation is 1. The van der Waals surface area contributed by atoms with Gasteiger partial charge in [0.05, 0.1) is 5.92 Å². The first kappa shape index (κ1) is 27.3. The van der Waals surface area contributed by atoms with Crippen molar-refractivity contribution in [3.8, 4) is 0 Å². The van der Waals surface area contributed by atoms with Gasteiger partial charge < -0.3 is 26.5 Å². The highest BCUT2D eigenvalue weighted by molar-refractivity contribution is 5.77. The van der Waals surface area contributed by atoms with Crippen LogP contribution in [0.15, 0.2) is 59.6 Å². The summed E-state index contributed by atoms with van der Waals surface area (Å²) in [6.45, 7) is 24.3. The maximum absolute atomic E-state index is 10.9. The molecule has 0 aliphatic rings. The molecule has 0 aliphatic carbocycles. The topological polar surface area (TPSA) is 86.1 Å². The minimum Gasteiger partial charge on any atom is -0.401 e. The number of nitrogens with two attached hydrogens (primary N) is 1. The molecule has 0 amide bonds. The summed E-state index contributed by atoms with van der Waals surface area (Å²) in [5.74, 6) is -1.40. The Kier molecular flexibility index (Phi) is 8.15. The van der Waals surface area contributed by atoms with E-state index < -0.39 is 5.85 Å². The molecule has 1 aromatic heterocycles. The molecule has 0 radical (unpaired) electrons. The van der Waals surface area contributed by atoms with Gasteiger partial charge in [-0.1, -0.05) is 63.3 Å². The highest BCUT2D eigenvalue weighted by atomic mass is 16.3. The molecular weight excluding hydrogens is 420 g/mol. The Bertz CT molecular complexity index is 1090. The van der Waals surface area contributed by atoms with Crippen molar-refractivity contribution in [1.82, 2.24) is 15.6 Å². The summed E-state index contributed by atoms with van der Waals surface area (Å²) >= 11 is 0. The summed E-state index contributed by atoms with van der Waals surface area (Å²) in [5, 5.41) is 17.2. The maximum atomic E-state index is 10.9. The minimum atomic E-state index is -1.33. The molecule has 2 aromatic rings. The van der Waals surface area contributed by atoms with Gasteiger partial charge in [-0.15, -0.1) is 0 Å². The fourth-order valence-electron chi connectivity index (χ4n) is 4.87. The van der Waals surface area contributed by atoms with E-state index in [-0.39, 0.29) is 11.3 Å². The fourth-order valence-corrected chi connectivity index (χ4v) is 4.87. The Balaban J connectivity index is 2.77. The van der Waals surface area contributed by atoms with Gasteiger partial charge in [-0.05, 0) is 63.7 Å². The molecule has 186 valence electrons. The number of aromatic nitrogens is 1. The monoisotopic (exact) mass is 464 g/mol. The lowest BCUT2D eigenvalue weighted by molar-refractivity contribution is 0.00992. The molecule has 0 saturated carbocycles. The molecule has 1 aromatic carbocycles. The Morgan fingerprint density at radius 2 is 1.56 bits per heavy atom. The van der Waals surface area contributed by atoms with Crippen molar-refractivity contribution in [2.45, 2.75) is 81.0 Å². The van der Waals surface area contributed by atoms with Crippen molar-refractivity contribution in [2.75, 3.05) is 0 Å². The zero-order valence-electron chi connectivity index (χ0n) is 22.7. The van der Waals surface area contributed by atoms with Crippen molar-refractivity contribution in [3.63, 3.8) is 0 Å². The standard InChI is InChI=1S/C29H44N4O/c1-17(2)26(30)24(22-15-13-12-14-16-22)27-19(5)23(20(6)31-27)25(28(8,9)10)21(7)33-29(11,34)32-18(3)4/h12-16,24,31-34H,3,30H2,1-2,4-11H3/b25-21-. The van der Waals surface area contributed by atoms with Crippen LogP contribution < -0.4 is 16.4 Å². The van der Waals surface area contributed by atoms with Gasteiger partial charge in [0.25, 0.3) is 0 Å². The molecule has 5 heteroatoms. The molecule has 0 spiro atoms. The van der Waals surface area contributed by atoms with Gasteiger partial charge in [0, 0.05) is 41.0 Å². The van der Waals surface area contributed by atoms with Crippen molar-refractivity contribution in [2.24, 2.45) is 11.1 Å². The van der Waals surface area contributed by atoms with E-state index in [1.54, 1.807) is 6.92 Å². The van der Waals surface area contributed by atoms with Crippen LogP contribution >= 0.6 is 0 Å². The summed E-state index contributed by atoms with van der Waals surface area (Å²) in [6.07, 6.45) is 0. The van der Waals surface area contributed by atoms with Crippen LogP contribution in [0.4, 0.5) is 0 Å². The van der Waals surface area contributed by atoms with E-state index in [0.717, 1.165) is 50.6 Å². The number of hydrogen-bond donors (Lipinski definition) is 5. The molecule has 5 nitrogen and oxygen atoms in total. The number of H-pyrrole nitrogens is 1. The molecule has 6 N–H and O–H groups in total. The first-order valence-corrected chi connectivity index (χ1v) is 11.9. The van der Waals surface area contributed by atoms with Crippen molar-refractivity contribution < 1.29 is 5.11 Å². The Morgan fingerprint density at radius 1 is 1.00 bits per heavy atom. The summed E-state index contributed by atoms with van der Waals surface area (Å²) in [6, 6.07) is 10.4. The molecule has 0 saturated heterocycles. The first-order valence-electron chi connectivity index (χ1n) is 11.9. The predicted octanol–water partition coefficient (Wildman–Crippen LogP) is 6.17. The second kappa shape index (κ2) is 10.1. The summed E-state index contributed by atoms with van der Waals surface area (Å²) < 4.78 is 0. The zero-order valence-corrected chi connectivity index (χ0v) is 22.7. The van der Waals surface area contributed by atoms with Crippen molar-refractivity contribution in [1.29, 1.82) is 0 Å². The van der Waals surface area contributed by atoms with Gasteiger partial charge in [0.15, 0.2) is 0 Å². The molecule has 0 fully saturated rings. The quantitative estimate of drug-likeness (QED) is 0.302. The van der Waals surface area contributed by atoms with Crippen LogP contribution in [-0.4, -0.2) is 15.9 Å². The lowest BCUT2D eigenvalue weighted by atomic mass is 9.78. The Labute approximate surface area is 206 Å². The van der Waals surface area contributed by atoms with Gasteiger partial charge in [0.1, 0.15) is 0 Å². The van der Waals surface area contributed by atoms with E-state index in [4.69, 9.17) is 5.73 Å². The molecule has 0 bridgehead atoms. The van der Waals surface area contributed by atoms with Crippen LogP contribution in [0.5, 0.6) is 0 Å². The van der Waals surface area contributed by atoms with E-state index in [1.807, 2.05) is 19.9 Å². The number of aromatic amines is 1. The van der Waals surface area contributed by atoms with E-state index in [9.17, 15) is 5.11 Å². The van der Waals surface area contributed by atoms with Crippen LogP contribution in [0, 0.1) is 19.3 Å². The number of benzene rings is 1. The largest absolute Gasteiger partial charge is 0.401 e. The van der Waals surface area contributed by atoms with E-state index in [1.165, 1.54) is 0 Å². The summed E-state index contributed by atoms with van der Waals surface area (Å²) in [7, 11) is 0. The second-order valence-electron chi connectivity index (χ2n) is 10.8. The molecule has 34 heavy (non-hydrogen) atoms. The predicted molar refractivity (Wildman–Crippen MR) is 145 cm³/mol. The van der Waals surface area contributed by atoms with Crippen LogP contribution in [0.3, 0.4) is 0 Å². The number of nitrogens with one attached hydrogen (secondary N) is 3. The van der Waals surface area contributed by atoms with Gasteiger partial charge in [-0.2, -0.15) is 0 Å². The van der Waals surface area contributed by atoms with Crippen LogP contribution in [0.1, 0.15) is 89.4 Å². The number of aliphatic hydroxyl groups is 1. The normalized spacial score (nSPS) is 15.1. The number of hydrogen-bond acceptors (Lipinski definition) is 4. The van der Waals surface area contributed by atoms with Crippen molar-refractivity contribution in [3.05, 3.63) is 87.7 Å². The molecule has 2 unspecified atom stereocenters. The number of allylic oxidation sites excluding steroid dienone is 5. The average molecular weight is 465 g/mol. The second-order valence-corrected chi connectivity index (χ2v) is 10.8.